The number of aromatic nitrogens is 3. The Balaban J connectivity index is 1.27. The topological polar surface area (TPSA) is 96.7 Å². The predicted molar refractivity (Wildman–Crippen MR) is 123 cm³/mol. The van der Waals surface area contributed by atoms with Crippen LogP contribution in [0.2, 0.25) is 0 Å². The summed E-state index contributed by atoms with van der Waals surface area (Å²) in [7, 11) is 0. The van der Waals surface area contributed by atoms with E-state index in [2.05, 4.69) is 15.4 Å². The maximum atomic E-state index is 12.5. The monoisotopic (exact) mass is 464 g/mol. The van der Waals surface area contributed by atoms with Gasteiger partial charge >= 0.3 is 6.09 Å². The summed E-state index contributed by atoms with van der Waals surface area (Å²) in [5, 5.41) is 7.44. The first-order chi connectivity index (χ1) is 16.7. The summed E-state index contributed by atoms with van der Waals surface area (Å²) in [5.41, 5.74) is 2.14. The van der Waals surface area contributed by atoms with Crippen molar-refractivity contribution in [2.75, 3.05) is 18.5 Å². The van der Waals surface area contributed by atoms with Gasteiger partial charge in [0.2, 0.25) is 0 Å². The van der Waals surface area contributed by atoms with Crippen molar-refractivity contribution in [2.24, 2.45) is 0 Å². The van der Waals surface area contributed by atoms with Gasteiger partial charge in [-0.3, -0.25) is 15.0 Å². The Morgan fingerprint density at radius 2 is 1.82 bits per heavy atom. The van der Waals surface area contributed by atoms with Crippen molar-refractivity contribution in [3.8, 4) is 5.88 Å². The number of benzene rings is 1. The molecule has 9 nitrogen and oxygen atoms in total. The van der Waals surface area contributed by atoms with Crippen LogP contribution >= 0.6 is 0 Å². The Kier molecular flexibility index (Phi) is 6.73. The van der Waals surface area contributed by atoms with Crippen molar-refractivity contribution >= 4 is 11.8 Å². The average molecular weight is 465 g/mol. The van der Waals surface area contributed by atoms with Gasteiger partial charge in [-0.15, -0.1) is 5.10 Å². The molecule has 2 fully saturated rings. The molecule has 34 heavy (non-hydrogen) atoms. The number of nitrogens with zero attached hydrogens (tertiary/aromatic N) is 3. The van der Waals surface area contributed by atoms with Gasteiger partial charge in [-0.05, 0) is 30.5 Å². The van der Waals surface area contributed by atoms with E-state index in [0.717, 1.165) is 36.9 Å². The molecule has 1 aliphatic carbocycles. The maximum Gasteiger partial charge on any atom is 0.412 e. The highest BCUT2D eigenvalue weighted by atomic mass is 16.7. The van der Waals surface area contributed by atoms with E-state index in [9.17, 15) is 4.79 Å². The molecule has 0 radical (unpaired) electrons. The molecule has 1 spiro atoms. The van der Waals surface area contributed by atoms with Crippen LogP contribution in [0.1, 0.15) is 43.0 Å². The number of amides is 1. The van der Waals surface area contributed by atoms with Gasteiger partial charge in [0.05, 0.1) is 31.1 Å². The lowest BCUT2D eigenvalue weighted by Crippen LogP contribution is -2.35. The van der Waals surface area contributed by atoms with Crippen LogP contribution in [0.4, 0.5) is 10.5 Å². The zero-order valence-corrected chi connectivity index (χ0v) is 18.9. The molecule has 0 bridgehead atoms. The quantitative estimate of drug-likeness (QED) is 0.551. The molecule has 9 heteroatoms. The molecule has 3 aromatic rings. The fourth-order valence-corrected chi connectivity index (χ4v) is 4.34. The fourth-order valence-electron chi connectivity index (χ4n) is 4.34. The second-order valence-electron chi connectivity index (χ2n) is 8.46. The third-order valence-corrected chi connectivity index (χ3v) is 6.14. The van der Waals surface area contributed by atoms with E-state index in [0.29, 0.717) is 24.8 Å². The Morgan fingerprint density at radius 3 is 2.56 bits per heavy atom. The summed E-state index contributed by atoms with van der Waals surface area (Å²) < 4.78 is 24.9. The first kappa shape index (κ1) is 22.4. The van der Waals surface area contributed by atoms with Crippen molar-refractivity contribution in [1.82, 2.24) is 14.8 Å². The highest BCUT2D eigenvalue weighted by molar-refractivity contribution is 5.86. The minimum absolute atomic E-state index is 0.159. The number of carbonyl (C=O) groups excluding carboxylic acids is 1. The molecule has 1 saturated carbocycles. The minimum Gasteiger partial charge on any atom is -0.469 e. The summed E-state index contributed by atoms with van der Waals surface area (Å²) in [6.45, 7) is 1.71. The lowest BCUT2D eigenvalue weighted by Gasteiger charge is -2.35. The molecule has 2 aliphatic rings. The van der Waals surface area contributed by atoms with Gasteiger partial charge in [0, 0.05) is 19.0 Å². The Bertz CT molecular complexity index is 1070. The molecular weight excluding hydrogens is 436 g/mol. The van der Waals surface area contributed by atoms with Gasteiger partial charge in [0.1, 0.15) is 18.9 Å². The number of anilines is 1. The standard InChI is InChI=1S/C25H28N4O5/c30-24(32-17-19-6-2-1-3-7-19)27-22-16-29(21-9-11-25(12-10-21)33-14-15-34-25)28-23(22)31-18-20-8-4-5-13-26-20/h1-8,13,16,21H,9-12,14-15,17-18H2,(H,27,30). The smallest absolute Gasteiger partial charge is 0.412 e. The molecule has 0 atom stereocenters. The zero-order valence-electron chi connectivity index (χ0n) is 18.9. The maximum absolute atomic E-state index is 12.5. The zero-order chi connectivity index (χ0) is 23.2. The van der Waals surface area contributed by atoms with Crippen LogP contribution in [0, 0.1) is 0 Å². The lowest BCUT2D eigenvalue weighted by molar-refractivity contribution is -0.181. The van der Waals surface area contributed by atoms with Crippen LogP contribution in [0.3, 0.4) is 0 Å². The Labute approximate surface area is 198 Å². The molecule has 1 saturated heterocycles. The summed E-state index contributed by atoms with van der Waals surface area (Å²) in [4.78, 5) is 16.8. The van der Waals surface area contributed by atoms with Crippen LogP contribution < -0.4 is 10.1 Å². The SMILES string of the molecule is O=C(Nc1cn(C2CCC3(CC2)OCCO3)nc1OCc1ccccn1)OCc1ccccc1. The number of nitrogens with one attached hydrogen (secondary N) is 1. The predicted octanol–water partition coefficient (Wildman–Crippen LogP) is 4.46. The van der Waals surface area contributed by atoms with E-state index in [1.807, 2.05) is 53.2 Å². The number of hydrogen-bond acceptors (Lipinski definition) is 7. The fraction of sp³-hybridized carbons (Fsp3) is 0.400. The second kappa shape index (κ2) is 10.2. The highest BCUT2D eigenvalue weighted by Crippen LogP contribution is 2.41. The number of pyridine rings is 1. The van der Waals surface area contributed by atoms with Crippen molar-refractivity contribution < 1.29 is 23.7 Å². The van der Waals surface area contributed by atoms with E-state index in [1.54, 1.807) is 12.4 Å². The van der Waals surface area contributed by atoms with Crippen LogP contribution in [0.25, 0.3) is 0 Å². The Morgan fingerprint density at radius 1 is 1.06 bits per heavy atom. The minimum atomic E-state index is -0.568. The first-order valence-corrected chi connectivity index (χ1v) is 11.6. The van der Waals surface area contributed by atoms with E-state index in [-0.39, 0.29) is 19.3 Å². The van der Waals surface area contributed by atoms with Crippen LogP contribution in [-0.4, -0.2) is 39.9 Å². The van der Waals surface area contributed by atoms with E-state index in [1.165, 1.54) is 0 Å². The number of ether oxygens (including phenoxy) is 4. The molecule has 1 aromatic carbocycles. The molecular formula is C25H28N4O5. The summed E-state index contributed by atoms with van der Waals surface area (Å²) in [5.74, 6) is -0.111. The lowest BCUT2D eigenvalue weighted by atomic mass is 9.90. The van der Waals surface area contributed by atoms with E-state index >= 15 is 0 Å². The number of rotatable bonds is 7. The largest absolute Gasteiger partial charge is 0.469 e. The van der Waals surface area contributed by atoms with Crippen LogP contribution in [-0.2, 0) is 27.4 Å². The van der Waals surface area contributed by atoms with Gasteiger partial charge in [-0.1, -0.05) is 36.4 Å². The Hall–Kier alpha value is -3.43. The van der Waals surface area contributed by atoms with Gasteiger partial charge in [0.25, 0.3) is 5.88 Å². The molecule has 1 aliphatic heterocycles. The van der Waals surface area contributed by atoms with Crippen molar-refractivity contribution in [2.45, 2.75) is 50.7 Å². The third-order valence-electron chi connectivity index (χ3n) is 6.14. The molecule has 5 rings (SSSR count). The van der Waals surface area contributed by atoms with Gasteiger partial charge in [-0.25, -0.2) is 4.79 Å². The average Bonchev–Trinajstić information content (AvgIpc) is 3.50. The van der Waals surface area contributed by atoms with Crippen LogP contribution in [0.15, 0.2) is 60.9 Å². The molecule has 178 valence electrons. The van der Waals surface area contributed by atoms with E-state index in [4.69, 9.17) is 18.9 Å². The normalized spacial score (nSPS) is 17.5. The van der Waals surface area contributed by atoms with Gasteiger partial charge in [-0.2, -0.15) is 0 Å². The molecule has 0 unspecified atom stereocenters. The van der Waals surface area contributed by atoms with Crippen molar-refractivity contribution in [3.63, 3.8) is 0 Å². The number of carbonyl (C=O) groups is 1. The van der Waals surface area contributed by atoms with Gasteiger partial charge in [0.15, 0.2) is 5.79 Å². The third kappa shape index (κ3) is 5.37. The van der Waals surface area contributed by atoms with Crippen LogP contribution in [0.5, 0.6) is 5.88 Å². The molecule has 3 heterocycles. The van der Waals surface area contributed by atoms with Gasteiger partial charge < -0.3 is 18.9 Å². The van der Waals surface area contributed by atoms with Crippen molar-refractivity contribution in [1.29, 1.82) is 0 Å². The molecule has 1 N–H and O–H groups in total. The second-order valence-corrected chi connectivity index (χ2v) is 8.46. The number of hydrogen-bond donors (Lipinski definition) is 1. The summed E-state index contributed by atoms with van der Waals surface area (Å²) in [6.07, 6.45) is 6.28. The van der Waals surface area contributed by atoms with Crippen molar-refractivity contribution in [3.05, 3.63) is 72.2 Å². The van der Waals surface area contributed by atoms with E-state index < -0.39 is 11.9 Å². The summed E-state index contributed by atoms with van der Waals surface area (Å²) >= 11 is 0. The molecule has 1 amide bonds. The molecule has 2 aromatic heterocycles. The first-order valence-electron chi connectivity index (χ1n) is 11.6. The highest BCUT2D eigenvalue weighted by Gasteiger charge is 2.41. The summed E-state index contributed by atoms with van der Waals surface area (Å²) in [6, 6.07) is 15.3.